The van der Waals surface area contributed by atoms with Crippen molar-refractivity contribution in [2.24, 2.45) is 11.8 Å². The number of hydrogen-bond acceptors (Lipinski definition) is 3. The van der Waals surface area contributed by atoms with Gasteiger partial charge >= 0.3 is 0 Å². The summed E-state index contributed by atoms with van der Waals surface area (Å²) in [4.78, 5) is 0. The summed E-state index contributed by atoms with van der Waals surface area (Å²) in [6.07, 6.45) is 8.52. The lowest BCUT2D eigenvalue weighted by Crippen LogP contribution is -2.34. The first-order chi connectivity index (χ1) is 9.90. The lowest BCUT2D eigenvalue weighted by Gasteiger charge is -2.30. The molecule has 2 saturated carbocycles. The zero-order chi connectivity index (χ0) is 13.4. The van der Waals surface area contributed by atoms with Crippen molar-refractivity contribution in [3.8, 4) is 11.5 Å². The highest BCUT2D eigenvalue weighted by molar-refractivity contribution is 5.48. The molecule has 0 spiro atoms. The smallest absolute Gasteiger partial charge is 0.231 e. The van der Waals surface area contributed by atoms with E-state index in [0.29, 0.717) is 12.8 Å². The molecule has 3 aliphatic rings. The van der Waals surface area contributed by atoms with Crippen molar-refractivity contribution >= 4 is 0 Å². The van der Waals surface area contributed by atoms with Crippen LogP contribution >= 0.6 is 0 Å². The molecule has 108 valence electrons. The summed E-state index contributed by atoms with van der Waals surface area (Å²) < 4.78 is 11.0. The molecule has 3 heteroatoms. The van der Waals surface area contributed by atoms with Gasteiger partial charge in [0.25, 0.3) is 0 Å². The Morgan fingerprint density at radius 1 is 1.05 bits per heavy atom. The summed E-state index contributed by atoms with van der Waals surface area (Å²) in [6, 6.07) is 6.86. The van der Waals surface area contributed by atoms with Crippen molar-refractivity contribution in [3.63, 3.8) is 0 Å². The second-order valence-electron chi connectivity index (χ2n) is 6.49. The summed E-state index contributed by atoms with van der Waals surface area (Å²) in [6.45, 7) is 1.26. The Balaban J connectivity index is 1.37. The molecule has 1 aromatic rings. The minimum Gasteiger partial charge on any atom is -0.454 e. The zero-order valence-corrected chi connectivity index (χ0v) is 11.9. The third-order valence-corrected chi connectivity index (χ3v) is 5.06. The Labute approximate surface area is 120 Å². The summed E-state index contributed by atoms with van der Waals surface area (Å²) >= 11 is 0. The molecular weight excluding hydrogens is 250 g/mol. The summed E-state index contributed by atoms with van der Waals surface area (Å²) in [7, 11) is 0. The summed E-state index contributed by atoms with van der Waals surface area (Å²) in [5.41, 5.74) is 1.23. The number of nitrogens with one attached hydrogen (secondary N) is 1. The second kappa shape index (κ2) is 5.28. The number of ether oxygens (including phenoxy) is 2. The van der Waals surface area contributed by atoms with Crippen molar-refractivity contribution in [1.29, 1.82) is 0 Å². The Bertz CT molecular complexity index is 484. The van der Waals surface area contributed by atoms with Gasteiger partial charge in [-0.2, -0.15) is 0 Å². The van der Waals surface area contributed by atoms with Crippen molar-refractivity contribution in [1.82, 2.24) is 5.32 Å². The molecule has 3 nitrogen and oxygen atoms in total. The van der Waals surface area contributed by atoms with E-state index in [9.17, 15) is 0 Å². The number of para-hydroxylation sites is 1. The number of fused-ring (bicyclic) bond motifs is 1. The van der Waals surface area contributed by atoms with Gasteiger partial charge in [-0.25, -0.2) is 0 Å². The Morgan fingerprint density at radius 3 is 2.90 bits per heavy atom. The highest BCUT2D eigenvalue weighted by Crippen LogP contribution is 2.44. The van der Waals surface area contributed by atoms with Gasteiger partial charge in [0.15, 0.2) is 11.5 Å². The SMILES string of the molecule is c1cc(CNC2CCCC(C3CC3)C2)c2c(c1)OCO2. The minimum absolute atomic E-state index is 0.361. The average Bonchev–Trinajstić information content (AvgIpc) is 3.23. The third kappa shape index (κ3) is 2.51. The van der Waals surface area contributed by atoms with Gasteiger partial charge in [0, 0.05) is 18.2 Å². The normalized spacial score (nSPS) is 28.6. The van der Waals surface area contributed by atoms with Gasteiger partial charge in [-0.15, -0.1) is 0 Å². The molecule has 1 aromatic carbocycles. The van der Waals surface area contributed by atoms with E-state index in [2.05, 4.69) is 17.4 Å². The van der Waals surface area contributed by atoms with Crippen LogP contribution in [0.4, 0.5) is 0 Å². The molecule has 0 bridgehead atoms. The molecule has 2 aliphatic carbocycles. The predicted molar refractivity (Wildman–Crippen MR) is 77.9 cm³/mol. The van der Waals surface area contributed by atoms with Gasteiger partial charge in [-0.05, 0) is 43.6 Å². The second-order valence-corrected chi connectivity index (χ2v) is 6.49. The highest BCUT2D eigenvalue weighted by atomic mass is 16.7. The maximum absolute atomic E-state index is 5.58. The van der Waals surface area contributed by atoms with E-state index in [-0.39, 0.29) is 0 Å². The van der Waals surface area contributed by atoms with Crippen molar-refractivity contribution in [3.05, 3.63) is 23.8 Å². The molecule has 0 aromatic heterocycles. The van der Waals surface area contributed by atoms with Crippen LogP contribution in [0.5, 0.6) is 11.5 Å². The predicted octanol–water partition coefficient (Wildman–Crippen LogP) is 3.47. The van der Waals surface area contributed by atoms with Crippen LogP contribution in [-0.2, 0) is 6.54 Å². The molecule has 2 atom stereocenters. The minimum atomic E-state index is 0.361. The molecule has 20 heavy (non-hydrogen) atoms. The van der Waals surface area contributed by atoms with E-state index in [4.69, 9.17) is 9.47 Å². The van der Waals surface area contributed by atoms with Gasteiger partial charge in [0.1, 0.15) is 0 Å². The van der Waals surface area contributed by atoms with Gasteiger partial charge < -0.3 is 14.8 Å². The van der Waals surface area contributed by atoms with Crippen LogP contribution in [0.15, 0.2) is 18.2 Å². The molecule has 0 saturated heterocycles. The maximum atomic E-state index is 5.58. The van der Waals surface area contributed by atoms with E-state index in [1.165, 1.54) is 44.1 Å². The maximum Gasteiger partial charge on any atom is 0.231 e. The molecular formula is C17H23NO2. The largest absolute Gasteiger partial charge is 0.454 e. The van der Waals surface area contributed by atoms with E-state index in [1.807, 2.05) is 6.07 Å². The first-order valence-electron chi connectivity index (χ1n) is 8.01. The van der Waals surface area contributed by atoms with Crippen LogP contribution in [0.25, 0.3) is 0 Å². The van der Waals surface area contributed by atoms with Crippen LogP contribution in [0.3, 0.4) is 0 Å². The van der Waals surface area contributed by atoms with Crippen LogP contribution < -0.4 is 14.8 Å². The van der Waals surface area contributed by atoms with Crippen LogP contribution in [0, 0.1) is 11.8 Å². The van der Waals surface area contributed by atoms with Crippen molar-refractivity contribution in [2.45, 2.75) is 51.1 Å². The quantitative estimate of drug-likeness (QED) is 0.911. The van der Waals surface area contributed by atoms with E-state index in [1.54, 1.807) is 0 Å². The lowest BCUT2D eigenvalue weighted by atomic mass is 9.82. The molecule has 1 aliphatic heterocycles. The Morgan fingerprint density at radius 2 is 2.00 bits per heavy atom. The Kier molecular flexibility index (Phi) is 3.31. The first kappa shape index (κ1) is 12.5. The van der Waals surface area contributed by atoms with E-state index in [0.717, 1.165) is 29.9 Å². The molecule has 0 radical (unpaired) electrons. The molecule has 2 fully saturated rings. The van der Waals surface area contributed by atoms with Crippen molar-refractivity contribution in [2.75, 3.05) is 6.79 Å². The van der Waals surface area contributed by atoms with Crippen LogP contribution in [-0.4, -0.2) is 12.8 Å². The monoisotopic (exact) mass is 273 g/mol. The fourth-order valence-electron chi connectivity index (χ4n) is 3.79. The molecule has 4 rings (SSSR count). The molecule has 1 heterocycles. The standard InChI is InChI=1S/C17H23NO2/c1-3-13(12-7-8-12)9-15(5-1)18-10-14-4-2-6-16-17(14)20-11-19-16/h2,4,6,12-13,15,18H,1,3,5,7-11H2. The fraction of sp³-hybridized carbons (Fsp3) is 0.647. The topological polar surface area (TPSA) is 30.5 Å². The van der Waals surface area contributed by atoms with Crippen LogP contribution in [0.1, 0.15) is 44.1 Å². The van der Waals surface area contributed by atoms with E-state index >= 15 is 0 Å². The van der Waals surface area contributed by atoms with Gasteiger partial charge in [0.2, 0.25) is 6.79 Å². The molecule has 2 unspecified atom stereocenters. The fourth-order valence-corrected chi connectivity index (χ4v) is 3.79. The lowest BCUT2D eigenvalue weighted by molar-refractivity contribution is 0.173. The summed E-state index contributed by atoms with van der Waals surface area (Å²) in [5, 5.41) is 3.74. The molecule has 0 amide bonds. The average molecular weight is 273 g/mol. The van der Waals surface area contributed by atoms with Crippen LogP contribution in [0.2, 0.25) is 0 Å². The molecule has 1 N–H and O–H groups in total. The highest BCUT2D eigenvalue weighted by Gasteiger charge is 2.34. The number of benzene rings is 1. The number of rotatable bonds is 4. The van der Waals surface area contributed by atoms with E-state index < -0.39 is 0 Å². The van der Waals surface area contributed by atoms with Gasteiger partial charge in [-0.1, -0.05) is 25.0 Å². The third-order valence-electron chi connectivity index (χ3n) is 5.06. The van der Waals surface area contributed by atoms with Gasteiger partial charge in [0.05, 0.1) is 0 Å². The summed E-state index contributed by atoms with van der Waals surface area (Å²) in [5.74, 6) is 3.87. The van der Waals surface area contributed by atoms with Crippen molar-refractivity contribution < 1.29 is 9.47 Å². The zero-order valence-electron chi connectivity index (χ0n) is 11.9. The first-order valence-corrected chi connectivity index (χ1v) is 8.01. The van der Waals surface area contributed by atoms with Gasteiger partial charge in [-0.3, -0.25) is 0 Å². The Hall–Kier alpha value is -1.22. The number of hydrogen-bond donors (Lipinski definition) is 1.